The van der Waals surface area contributed by atoms with Gasteiger partial charge in [-0.1, -0.05) is 48.5 Å². The Hall–Kier alpha value is -2.95. The maximum atomic E-state index is 5.49. The summed E-state index contributed by atoms with van der Waals surface area (Å²) in [6, 6.07) is 25.4. The zero-order valence-electron chi connectivity index (χ0n) is 16.7. The molecule has 4 heteroatoms. The first-order valence-corrected chi connectivity index (χ1v) is 10.4. The van der Waals surface area contributed by atoms with Crippen molar-refractivity contribution in [3.05, 3.63) is 78.4 Å². The van der Waals surface area contributed by atoms with E-state index in [2.05, 4.69) is 71.3 Å². The normalized spacial score (nSPS) is 11.2. The van der Waals surface area contributed by atoms with Crippen LogP contribution in [-0.4, -0.2) is 24.6 Å². The summed E-state index contributed by atoms with van der Waals surface area (Å²) in [6.07, 6.45) is 3.46. The van der Waals surface area contributed by atoms with Crippen molar-refractivity contribution in [2.24, 2.45) is 5.73 Å². The van der Waals surface area contributed by atoms with Gasteiger partial charge in [-0.25, -0.2) is 4.98 Å². The first-order valence-electron chi connectivity index (χ1n) is 10.4. The van der Waals surface area contributed by atoms with Crippen LogP contribution >= 0.6 is 0 Å². The molecule has 0 radical (unpaired) electrons. The molecule has 0 fully saturated rings. The number of aryl methyl sites for hydroxylation is 1. The van der Waals surface area contributed by atoms with Crippen LogP contribution in [0.25, 0.3) is 21.8 Å². The van der Waals surface area contributed by atoms with Gasteiger partial charge in [0.2, 0.25) is 0 Å². The van der Waals surface area contributed by atoms with Crippen LogP contribution in [0, 0.1) is 0 Å². The minimum atomic E-state index is 0.705. The standard InChI is InChI=1S/C25H28N4/c26-16-18-27-17-6-5-7-19-12-14-20(15-13-19)28-25-21-8-1-3-10-23(21)29-24-11-4-2-9-22(24)25/h1-4,8-15,27H,5-7,16-18,26H2,(H,28,29). The average Bonchev–Trinajstić information content (AvgIpc) is 2.77. The lowest BCUT2D eigenvalue weighted by atomic mass is 10.1. The highest BCUT2D eigenvalue weighted by atomic mass is 14.9. The van der Waals surface area contributed by atoms with Crippen molar-refractivity contribution in [1.29, 1.82) is 0 Å². The smallest absolute Gasteiger partial charge is 0.0730 e. The van der Waals surface area contributed by atoms with E-state index in [0.29, 0.717) is 6.54 Å². The van der Waals surface area contributed by atoms with Gasteiger partial charge in [0.05, 0.1) is 16.7 Å². The predicted molar refractivity (Wildman–Crippen MR) is 124 cm³/mol. The van der Waals surface area contributed by atoms with Gasteiger partial charge < -0.3 is 16.4 Å². The lowest BCUT2D eigenvalue weighted by molar-refractivity contribution is 0.627. The maximum Gasteiger partial charge on any atom is 0.0730 e. The summed E-state index contributed by atoms with van der Waals surface area (Å²) in [5.74, 6) is 0. The second kappa shape index (κ2) is 9.50. The highest BCUT2D eigenvalue weighted by Crippen LogP contribution is 2.33. The maximum absolute atomic E-state index is 5.49. The molecule has 0 aliphatic rings. The molecule has 4 rings (SSSR count). The summed E-state index contributed by atoms with van der Waals surface area (Å²) in [5, 5.41) is 9.27. The number of fused-ring (bicyclic) bond motifs is 2. The van der Waals surface area contributed by atoms with E-state index in [-0.39, 0.29) is 0 Å². The number of unbranched alkanes of at least 4 members (excludes halogenated alkanes) is 1. The largest absolute Gasteiger partial charge is 0.354 e. The second-order valence-corrected chi connectivity index (χ2v) is 7.34. The molecule has 0 saturated heterocycles. The van der Waals surface area contributed by atoms with Crippen LogP contribution in [0.4, 0.5) is 11.4 Å². The lowest BCUT2D eigenvalue weighted by Gasteiger charge is -2.14. The van der Waals surface area contributed by atoms with Gasteiger partial charge >= 0.3 is 0 Å². The summed E-state index contributed by atoms with van der Waals surface area (Å²) < 4.78 is 0. The van der Waals surface area contributed by atoms with Gasteiger partial charge in [0.25, 0.3) is 0 Å². The molecule has 0 aliphatic heterocycles. The van der Waals surface area contributed by atoms with E-state index in [1.165, 1.54) is 18.4 Å². The van der Waals surface area contributed by atoms with Crippen molar-refractivity contribution in [1.82, 2.24) is 10.3 Å². The fraction of sp³-hybridized carbons (Fsp3) is 0.240. The number of nitrogens with zero attached hydrogens (tertiary/aromatic N) is 1. The van der Waals surface area contributed by atoms with Gasteiger partial charge in [0.1, 0.15) is 0 Å². The molecule has 0 saturated carbocycles. The molecule has 0 unspecified atom stereocenters. The van der Waals surface area contributed by atoms with Crippen molar-refractivity contribution in [3.8, 4) is 0 Å². The number of nitrogens with one attached hydrogen (secondary N) is 2. The van der Waals surface area contributed by atoms with Crippen molar-refractivity contribution in [3.63, 3.8) is 0 Å². The summed E-state index contributed by atoms with van der Waals surface area (Å²) >= 11 is 0. The number of rotatable bonds is 9. The van der Waals surface area contributed by atoms with E-state index in [4.69, 9.17) is 10.7 Å². The first kappa shape index (κ1) is 19.4. The molecule has 1 aromatic heterocycles. The predicted octanol–water partition coefficient (Wildman–Crippen LogP) is 5.00. The number of para-hydroxylation sites is 2. The second-order valence-electron chi connectivity index (χ2n) is 7.34. The van der Waals surface area contributed by atoms with E-state index in [0.717, 1.165) is 52.7 Å². The van der Waals surface area contributed by atoms with Gasteiger partial charge in [0.15, 0.2) is 0 Å². The quantitative estimate of drug-likeness (QED) is 0.281. The molecule has 0 aliphatic carbocycles. The summed E-state index contributed by atoms with van der Waals surface area (Å²) in [4.78, 5) is 4.80. The van der Waals surface area contributed by atoms with E-state index >= 15 is 0 Å². The number of benzene rings is 3. The van der Waals surface area contributed by atoms with Gasteiger partial charge in [0, 0.05) is 29.5 Å². The summed E-state index contributed by atoms with van der Waals surface area (Å²) in [6.45, 7) is 2.65. The third-order valence-electron chi connectivity index (χ3n) is 5.20. The Bertz CT molecular complexity index is 1020. The average molecular weight is 385 g/mol. The Kier molecular flexibility index (Phi) is 6.35. The molecule has 4 nitrogen and oxygen atoms in total. The van der Waals surface area contributed by atoms with E-state index < -0.39 is 0 Å². The van der Waals surface area contributed by atoms with Crippen molar-refractivity contribution < 1.29 is 0 Å². The molecule has 4 aromatic rings. The Morgan fingerprint density at radius 2 is 1.38 bits per heavy atom. The molecule has 1 heterocycles. The van der Waals surface area contributed by atoms with Crippen molar-refractivity contribution in [2.75, 3.05) is 25.0 Å². The van der Waals surface area contributed by atoms with Crippen LogP contribution in [-0.2, 0) is 6.42 Å². The first-order chi connectivity index (χ1) is 14.3. The van der Waals surface area contributed by atoms with E-state index in [9.17, 15) is 0 Å². The Morgan fingerprint density at radius 3 is 2.03 bits per heavy atom. The molecule has 29 heavy (non-hydrogen) atoms. The number of anilines is 2. The fourth-order valence-electron chi connectivity index (χ4n) is 3.68. The summed E-state index contributed by atoms with van der Waals surface area (Å²) in [7, 11) is 0. The summed E-state index contributed by atoms with van der Waals surface area (Å²) in [5.41, 5.74) is 11.1. The minimum absolute atomic E-state index is 0.705. The molecule has 0 amide bonds. The van der Waals surface area contributed by atoms with Crippen LogP contribution in [0.5, 0.6) is 0 Å². The molecule has 0 spiro atoms. The Morgan fingerprint density at radius 1 is 0.724 bits per heavy atom. The van der Waals surface area contributed by atoms with Crippen LogP contribution in [0.3, 0.4) is 0 Å². The van der Waals surface area contributed by atoms with Gasteiger partial charge in [-0.05, 0) is 55.6 Å². The number of hydrogen-bond donors (Lipinski definition) is 3. The van der Waals surface area contributed by atoms with Gasteiger partial charge in [-0.3, -0.25) is 0 Å². The molecule has 148 valence electrons. The molecule has 4 N–H and O–H groups in total. The highest BCUT2D eigenvalue weighted by molar-refractivity contribution is 6.08. The zero-order chi connectivity index (χ0) is 19.9. The van der Waals surface area contributed by atoms with Crippen LogP contribution < -0.4 is 16.4 Å². The molecule has 3 aromatic carbocycles. The fourth-order valence-corrected chi connectivity index (χ4v) is 3.68. The third-order valence-corrected chi connectivity index (χ3v) is 5.20. The monoisotopic (exact) mass is 384 g/mol. The number of hydrogen-bond acceptors (Lipinski definition) is 4. The van der Waals surface area contributed by atoms with E-state index in [1.54, 1.807) is 0 Å². The van der Waals surface area contributed by atoms with Crippen LogP contribution in [0.2, 0.25) is 0 Å². The third kappa shape index (κ3) is 4.73. The molecular weight excluding hydrogens is 356 g/mol. The van der Waals surface area contributed by atoms with Gasteiger partial charge in [-0.15, -0.1) is 0 Å². The SMILES string of the molecule is NCCNCCCCc1ccc(Nc2c3ccccc3nc3ccccc23)cc1. The van der Waals surface area contributed by atoms with Gasteiger partial charge in [-0.2, -0.15) is 0 Å². The van der Waals surface area contributed by atoms with Crippen molar-refractivity contribution >= 4 is 33.2 Å². The Balaban J connectivity index is 1.50. The topological polar surface area (TPSA) is 63.0 Å². The number of nitrogens with two attached hydrogens (primary N) is 1. The van der Waals surface area contributed by atoms with E-state index in [1.807, 2.05) is 12.1 Å². The number of aromatic nitrogens is 1. The lowest BCUT2D eigenvalue weighted by Crippen LogP contribution is -2.23. The Labute approximate surface area is 172 Å². The number of pyridine rings is 1. The zero-order valence-corrected chi connectivity index (χ0v) is 16.7. The molecule has 0 atom stereocenters. The molecular formula is C25H28N4. The van der Waals surface area contributed by atoms with Crippen LogP contribution in [0.15, 0.2) is 72.8 Å². The van der Waals surface area contributed by atoms with Crippen LogP contribution in [0.1, 0.15) is 18.4 Å². The highest BCUT2D eigenvalue weighted by Gasteiger charge is 2.09. The van der Waals surface area contributed by atoms with Crippen molar-refractivity contribution in [2.45, 2.75) is 19.3 Å². The molecule has 0 bridgehead atoms. The minimum Gasteiger partial charge on any atom is -0.354 e.